The molecular weight excluding hydrogens is 279 g/mol. The highest BCUT2D eigenvalue weighted by atomic mass is 32.2. The summed E-state index contributed by atoms with van der Waals surface area (Å²) in [6.45, 7) is 0. The first-order chi connectivity index (χ1) is 9.56. The molecule has 0 aromatic heterocycles. The number of aromatic carboxylic acids is 1. The van der Waals surface area contributed by atoms with Crippen LogP contribution in [0.1, 0.15) is 21.5 Å². The van der Waals surface area contributed by atoms with Crippen LogP contribution in [0, 0.1) is 5.82 Å². The zero-order chi connectivity index (χ0) is 14.3. The Bertz CT molecular complexity index is 740. The van der Waals surface area contributed by atoms with Crippen LogP contribution in [-0.4, -0.2) is 15.6 Å². The van der Waals surface area contributed by atoms with Gasteiger partial charge in [0.2, 0.25) is 0 Å². The highest BCUT2D eigenvalue weighted by Gasteiger charge is 2.25. The van der Waals surface area contributed by atoms with E-state index in [0.29, 0.717) is 20.9 Å². The van der Waals surface area contributed by atoms with Gasteiger partial charge in [-0.1, -0.05) is 0 Å². The van der Waals surface area contributed by atoms with Gasteiger partial charge < -0.3 is 9.66 Å². The lowest BCUT2D eigenvalue weighted by Crippen LogP contribution is -2.07. The number of rotatable bonds is 1. The van der Waals surface area contributed by atoms with E-state index in [4.69, 9.17) is 5.11 Å². The van der Waals surface area contributed by atoms with Gasteiger partial charge in [-0.15, -0.1) is 0 Å². The summed E-state index contributed by atoms with van der Waals surface area (Å²) in [5, 5.41) is 9.01. The van der Waals surface area contributed by atoms with E-state index in [1.807, 2.05) is 0 Å². The maximum absolute atomic E-state index is 13.2. The summed E-state index contributed by atoms with van der Waals surface area (Å²) in [5.74, 6) is -1.47. The van der Waals surface area contributed by atoms with Crippen LogP contribution in [-0.2, 0) is 11.2 Å². The molecule has 0 spiro atoms. The third-order valence-corrected chi connectivity index (χ3v) is 4.60. The fourth-order valence-electron chi connectivity index (χ4n) is 2.08. The molecule has 100 valence electrons. The molecule has 0 bridgehead atoms. The maximum Gasteiger partial charge on any atom is 0.335 e. The van der Waals surface area contributed by atoms with Crippen LogP contribution in [0.4, 0.5) is 4.39 Å². The van der Waals surface area contributed by atoms with Crippen LogP contribution in [0.3, 0.4) is 0 Å². The average Bonchev–Trinajstić information content (AvgIpc) is 2.56. The summed E-state index contributed by atoms with van der Waals surface area (Å²) >= 11 is -1.54. The number of halogens is 1. The number of hydrogen-bond donors (Lipinski definition) is 1. The van der Waals surface area contributed by atoms with Gasteiger partial charge in [0.15, 0.2) is 9.79 Å². The van der Waals surface area contributed by atoms with E-state index in [1.54, 1.807) is 18.2 Å². The number of carboxylic acids is 1. The quantitative estimate of drug-likeness (QED) is 0.820. The lowest BCUT2D eigenvalue weighted by molar-refractivity contribution is 0.0696. The first kappa shape index (κ1) is 12.9. The van der Waals surface area contributed by atoms with Crippen molar-refractivity contribution in [3.63, 3.8) is 0 Å². The Kier molecular flexibility index (Phi) is 3.08. The molecule has 0 unspecified atom stereocenters. The van der Waals surface area contributed by atoms with Gasteiger partial charge >= 0.3 is 5.97 Å². The lowest BCUT2D eigenvalue weighted by atomic mass is 10.1. The molecular formula is C15H9FO3S. The van der Waals surface area contributed by atoms with Crippen molar-refractivity contribution in [2.45, 2.75) is 9.79 Å². The zero-order valence-corrected chi connectivity index (χ0v) is 11.0. The van der Waals surface area contributed by atoms with Gasteiger partial charge in [0, 0.05) is 28.4 Å². The van der Waals surface area contributed by atoms with Gasteiger partial charge in [-0.2, -0.15) is 0 Å². The smallest absolute Gasteiger partial charge is 0.335 e. The molecule has 0 amide bonds. The van der Waals surface area contributed by atoms with Crippen LogP contribution in [0.25, 0.3) is 12.2 Å². The Hall–Kier alpha value is -2.11. The summed E-state index contributed by atoms with van der Waals surface area (Å²) in [5.41, 5.74) is 1.29. The number of hydrogen-bond acceptors (Lipinski definition) is 2. The van der Waals surface area contributed by atoms with Gasteiger partial charge in [0.1, 0.15) is 5.82 Å². The van der Waals surface area contributed by atoms with Crippen LogP contribution in [0.5, 0.6) is 0 Å². The predicted molar refractivity (Wildman–Crippen MR) is 73.4 cm³/mol. The van der Waals surface area contributed by atoms with Crippen molar-refractivity contribution >= 4 is 29.3 Å². The summed E-state index contributed by atoms with van der Waals surface area (Å²) in [4.78, 5) is 11.9. The number of benzene rings is 2. The molecule has 20 heavy (non-hydrogen) atoms. The molecule has 5 heteroatoms. The van der Waals surface area contributed by atoms with Crippen molar-refractivity contribution in [2.24, 2.45) is 0 Å². The fraction of sp³-hybridized carbons (Fsp3) is 0. The third-order valence-electron chi connectivity index (χ3n) is 3.07. The van der Waals surface area contributed by atoms with Gasteiger partial charge in [0.25, 0.3) is 0 Å². The topological polar surface area (TPSA) is 60.4 Å². The van der Waals surface area contributed by atoms with E-state index in [2.05, 4.69) is 0 Å². The largest absolute Gasteiger partial charge is 0.606 e. The van der Waals surface area contributed by atoms with Crippen molar-refractivity contribution in [3.05, 3.63) is 58.9 Å². The van der Waals surface area contributed by atoms with Crippen molar-refractivity contribution in [2.75, 3.05) is 0 Å². The van der Waals surface area contributed by atoms with Crippen LogP contribution in [0.2, 0.25) is 0 Å². The normalized spacial score (nSPS) is 16.2. The molecule has 0 radical (unpaired) electrons. The minimum Gasteiger partial charge on any atom is -0.606 e. The van der Waals surface area contributed by atoms with Crippen molar-refractivity contribution in [3.8, 4) is 0 Å². The monoisotopic (exact) mass is 288 g/mol. The zero-order valence-electron chi connectivity index (χ0n) is 10.2. The number of carbonyl (C=O) groups is 1. The Labute approximate surface area is 117 Å². The van der Waals surface area contributed by atoms with E-state index >= 15 is 0 Å². The molecule has 1 N–H and O–H groups in total. The maximum atomic E-state index is 13.2. The summed E-state index contributed by atoms with van der Waals surface area (Å²) in [6.07, 6.45) is 3.40. The first-order valence-corrected chi connectivity index (χ1v) is 6.98. The van der Waals surface area contributed by atoms with Crippen molar-refractivity contribution in [1.29, 1.82) is 0 Å². The second kappa shape index (κ2) is 4.77. The molecule has 1 aliphatic rings. The molecule has 3 nitrogen and oxygen atoms in total. The molecule has 0 fully saturated rings. The van der Waals surface area contributed by atoms with E-state index in [-0.39, 0.29) is 5.56 Å². The Morgan fingerprint density at radius 2 is 1.80 bits per heavy atom. The van der Waals surface area contributed by atoms with Gasteiger partial charge in [-0.3, -0.25) is 0 Å². The van der Waals surface area contributed by atoms with E-state index in [1.165, 1.54) is 30.3 Å². The molecule has 0 saturated heterocycles. The van der Waals surface area contributed by atoms with E-state index in [0.717, 1.165) is 0 Å². The van der Waals surface area contributed by atoms with Crippen molar-refractivity contribution in [1.82, 2.24) is 0 Å². The SMILES string of the molecule is O=C(O)c1ccc2c(c1)[S@@+]([O-])c1ccc(F)cc1C=C2. The minimum atomic E-state index is -1.54. The van der Waals surface area contributed by atoms with Gasteiger partial charge in [-0.05, 0) is 42.5 Å². The summed E-state index contributed by atoms with van der Waals surface area (Å²) in [6, 6.07) is 8.49. The number of fused-ring (bicyclic) bond motifs is 2. The van der Waals surface area contributed by atoms with E-state index in [9.17, 15) is 13.7 Å². The molecule has 2 aromatic carbocycles. The minimum absolute atomic E-state index is 0.0797. The van der Waals surface area contributed by atoms with Crippen LogP contribution >= 0.6 is 0 Å². The Morgan fingerprint density at radius 1 is 1.05 bits per heavy atom. The molecule has 1 atom stereocenters. The fourth-order valence-corrected chi connectivity index (χ4v) is 3.44. The third kappa shape index (κ3) is 2.11. The molecule has 2 aromatic rings. The second-order valence-corrected chi connectivity index (χ2v) is 5.76. The highest BCUT2D eigenvalue weighted by molar-refractivity contribution is 7.91. The summed E-state index contributed by atoms with van der Waals surface area (Å²) < 4.78 is 25.8. The molecule has 0 saturated carbocycles. The first-order valence-electron chi connectivity index (χ1n) is 5.83. The Balaban J connectivity index is 2.20. The molecule has 3 rings (SSSR count). The molecule has 1 heterocycles. The van der Waals surface area contributed by atoms with E-state index < -0.39 is 23.0 Å². The standard InChI is InChI=1S/C15H9FO3S/c16-12-5-6-13-10(7-12)3-1-9-2-4-11(15(17)18)8-14(9)20(13)19/h1-8H,(H,17,18)/t20-/m0/s1. The molecule has 1 aliphatic heterocycles. The lowest BCUT2D eigenvalue weighted by Gasteiger charge is -2.12. The number of carboxylic acid groups (broad SMARTS) is 1. The highest BCUT2D eigenvalue weighted by Crippen LogP contribution is 2.33. The van der Waals surface area contributed by atoms with Crippen molar-refractivity contribution < 1.29 is 18.8 Å². The van der Waals surface area contributed by atoms with Gasteiger partial charge in [0.05, 0.1) is 5.56 Å². The predicted octanol–water partition coefficient (Wildman–Crippen LogP) is 3.17. The average molecular weight is 288 g/mol. The van der Waals surface area contributed by atoms with Crippen LogP contribution in [0.15, 0.2) is 46.2 Å². The Morgan fingerprint density at radius 3 is 2.55 bits per heavy atom. The summed E-state index contributed by atoms with van der Waals surface area (Å²) in [7, 11) is 0. The van der Waals surface area contributed by atoms with Crippen LogP contribution < -0.4 is 0 Å². The van der Waals surface area contributed by atoms with Gasteiger partial charge in [-0.25, -0.2) is 9.18 Å². The molecule has 0 aliphatic carbocycles. The second-order valence-electron chi connectivity index (χ2n) is 4.34.